The molecule has 0 bridgehead atoms. The van der Waals surface area contributed by atoms with Crippen LogP contribution >= 0.6 is 0 Å². The summed E-state index contributed by atoms with van der Waals surface area (Å²) in [5.41, 5.74) is 3.23. The summed E-state index contributed by atoms with van der Waals surface area (Å²) in [5, 5.41) is 10.5. The van der Waals surface area contributed by atoms with Crippen molar-refractivity contribution < 1.29 is 19.5 Å². The van der Waals surface area contributed by atoms with Crippen molar-refractivity contribution in [3.05, 3.63) is 95.3 Å². The third-order valence-electron chi connectivity index (χ3n) is 7.26. The van der Waals surface area contributed by atoms with Crippen LogP contribution in [0.2, 0.25) is 0 Å². The van der Waals surface area contributed by atoms with E-state index >= 15 is 0 Å². The number of benzene rings is 2. The number of carbonyl (C=O) groups is 3. The van der Waals surface area contributed by atoms with Gasteiger partial charge in [-0.3, -0.25) is 24.3 Å². The molecule has 8 heteroatoms. The van der Waals surface area contributed by atoms with Crippen LogP contribution in [-0.2, 0) is 11.3 Å². The number of piperidine rings is 1. The molecule has 2 aliphatic rings. The van der Waals surface area contributed by atoms with Gasteiger partial charge in [0.25, 0.3) is 11.8 Å². The minimum Gasteiger partial charge on any atom is -0.387 e. The molecule has 0 saturated carbocycles. The minimum absolute atomic E-state index is 0.0164. The van der Waals surface area contributed by atoms with Gasteiger partial charge in [0.1, 0.15) is 0 Å². The van der Waals surface area contributed by atoms with E-state index in [2.05, 4.69) is 9.88 Å². The van der Waals surface area contributed by atoms with Gasteiger partial charge in [0.2, 0.25) is 5.91 Å². The van der Waals surface area contributed by atoms with Crippen LogP contribution in [0.1, 0.15) is 50.8 Å². The van der Waals surface area contributed by atoms with E-state index in [0.717, 1.165) is 16.8 Å². The zero-order valence-corrected chi connectivity index (χ0v) is 20.8. The lowest BCUT2D eigenvalue weighted by molar-refractivity contribution is -0.136. The number of amides is 3. The summed E-state index contributed by atoms with van der Waals surface area (Å²) in [4.78, 5) is 48.5. The van der Waals surface area contributed by atoms with Gasteiger partial charge in [0, 0.05) is 38.4 Å². The topological polar surface area (TPSA) is 94.1 Å². The van der Waals surface area contributed by atoms with Gasteiger partial charge in [0.15, 0.2) is 0 Å². The lowest BCUT2D eigenvalue weighted by Gasteiger charge is -2.35. The number of carbonyl (C=O) groups excluding carboxylic acids is 3. The van der Waals surface area contributed by atoms with Crippen LogP contribution in [0.4, 0.5) is 5.69 Å². The van der Waals surface area contributed by atoms with E-state index in [4.69, 9.17) is 0 Å². The molecule has 190 valence electrons. The molecule has 1 N–H and O–H groups in total. The molecule has 5 rings (SSSR count). The number of hydrogen-bond acceptors (Lipinski definition) is 6. The Balaban J connectivity index is 1.24. The lowest BCUT2D eigenvalue weighted by Crippen LogP contribution is -2.42. The van der Waals surface area contributed by atoms with Crippen LogP contribution in [0.25, 0.3) is 0 Å². The highest BCUT2D eigenvalue weighted by Crippen LogP contribution is 2.35. The number of rotatable bonds is 7. The summed E-state index contributed by atoms with van der Waals surface area (Å²) in [6.45, 7) is 1.65. The highest BCUT2D eigenvalue weighted by Gasteiger charge is 2.39. The molecule has 2 aromatic carbocycles. The van der Waals surface area contributed by atoms with Crippen molar-refractivity contribution in [1.29, 1.82) is 0 Å². The maximum Gasteiger partial charge on any atom is 0.263 e. The first-order valence-electron chi connectivity index (χ1n) is 12.5. The van der Waals surface area contributed by atoms with Gasteiger partial charge in [0.05, 0.1) is 36.0 Å². The third kappa shape index (κ3) is 4.97. The van der Waals surface area contributed by atoms with E-state index in [0.29, 0.717) is 37.1 Å². The molecule has 1 aromatic heterocycles. The first kappa shape index (κ1) is 24.6. The number of likely N-dealkylation sites (N-methyl/N-ethyl adjacent to an activating group) is 1. The van der Waals surface area contributed by atoms with Gasteiger partial charge in [-0.1, -0.05) is 36.4 Å². The fraction of sp³-hybridized carbons (Fsp3) is 0.310. The lowest BCUT2D eigenvalue weighted by atomic mass is 9.94. The number of fused-ring (bicyclic) bond motifs is 1. The van der Waals surface area contributed by atoms with E-state index in [1.807, 2.05) is 42.5 Å². The zero-order chi connectivity index (χ0) is 25.9. The predicted molar refractivity (Wildman–Crippen MR) is 139 cm³/mol. The summed E-state index contributed by atoms with van der Waals surface area (Å²) in [5.74, 6) is -0.716. The van der Waals surface area contributed by atoms with Crippen LogP contribution in [-0.4, -0.2) is 64.3 Å². The van der Waals surface area contributed by atoms with E-state index < -0.39 is 6.10 Å². The Kier molecular flexibility index (Phi) is 7.01. The fourth-order valence-corrected chi connectivity index (χ4v) is 5.20. The standard InChI is InChI=1S/C29H30N4O4/c1-31(19-25(34)21-6-3-2-4-7-21)27(35)22-12-16-32(17-13-22)24-9-5-8-23-26(24)29(37)33(28(23)36)18-20-10-14-30-15-11-20/h2-11,14-15,22,25,34H,12-13,16-19H2,1H3. The van der Waals surface area contributed by atoms with Crippen LogP contribution in [0.3, 0.4) is 0 Å². The summed E-state index contributed by atoms with van der Waals surface area (Å²) in [6, 6.07) is 18.3. The zero-order valence-electron chi connectivity index (χ0n) is 20.8. The molecule has 2 aliphatic heterocycles. The third-order valence-corrected chi connectivity index (χ3v) is 7.26. The van der Waals surface area contributed by atoms with Crippen molar-refractivity contribution in [2.45, 2.75) is 25.5 Å². The van der Waals surface area contributed by atoms with Crippen molar-refractivity contribution in [2.24, 2.45) is 5.92 Å². The molecule has 3 amide bonds. The highest BCUT2D eigenvalue weighted by molar-refractivity contribution is 6.23. The molecule has 1 atom stereocenters. The Labute approximate surface area is 216 Å². The van der Waals surface area contributed by atoms with E-state index in [9.17, 15) is 19.5 Å². The van der Waals surface area contributed by atoms with Gasteiger partial charge in [-0.15, -0.1) is 0 Å². The van der Waals surface area contributed by atoms with Gasteiger partial charge < -0.3 is 14.9 Å². The molecule has 37 heavy (non-hydrogen) atoms. The van der Waals surface area contributed by atoms with E-state index in [-0.39, 0.29) is 36.7 Å². The van der Waals surface area contributed by atoms with Crippen LogP contribution < -0.4 is 4.90 Å². The molecular formula is C29H30N4O4. The van der Waals surface area contributed by atoms with Crippen molar-refractivity contribution in [3.8, 4) is 0 Å². The largest absolute Gasteiger partial charge is 0.387 e. The Morgan fingerprint density at radius 3 is 2.41 bits per heavy atom. The SMILES string of the molecule is CN(CC(O)c1ccccc1)C(=O)C1CCN(c2cccc3c2C(=O)N(Cc2ccncc2)C3=O)CC1. The van der Waals surface area contributed by atoms with Crippen molar-refractivity contribution in [1.82, 2.24) is 14.8 Å². The van der Waals surface area contributed by atoms with Gasteiger partial charge in [-0.2, -0.15) is 0 Å². The summed E-state index contributed by atoms with van der Waals surface area (Å²) >= 11 is 0. The summed E-state index contributed by atoms with van der Waals surface area (Å²) in [6.07, 6.45) is 3.82. The average Bonchev–Trinajstić information content (AvgIpc) is 3.18. The minimum atomic E-state index is -0.735. The number of aliphatic hydroxyl groups is 1. The number of aliphatic hydroxyl groups excluding tert-OH is 1. The second kappa shape index (κ2) is 10.5. The molecular weight excluding hydrogens is 468 g/mol. The Bertz CT molecular complexity index is 1290. The number of imide groups is 1. The fourth-order valence-electron chi connectivity index (χ4n) is 5.20. The number of hydrogen-bond donors (Lipinski definition) is 1. The molecule has 0 aliphatic carbocycles. The molecule has 1 fully saturated rings. The predicted octanol–water partition coefficient (Wildman–Crippen LogP) is 3.29. The summed E-state index contributed by atoms with van der Waals surface area (Å²) < 4.78 is 0. The average molecular weight is 499 g/mol. The molecule has 0 radical (unpaired) electrons. The molecule has 3 heterocycles. The van der Waals surface area contributed by atoms with Crippen molar-refractivity contribution >= 4 is 23.4 Å². The molecule has 1 saturated heterocycles. The first-order chi connectivity index (χ1) is 17.9. The Morgan fingerprint density at radius 1 is 1.00 bits per heavy atom. The Hall–Kier alpha value is -4.04. The second-order valence-electron chi connectivity index (χ2n) is 9.66. The number of nitrogens with zero attached hydrogens (tertiary/aromatic N) is 4. The number of anilines is 1. The monoisotopic (exact) mass is 498 g/mol. The van der Waals surface area contributed by atoms with E-state index in [1.165, 1.54) is 4.90 Å². The van der Waals surface area contributed by atoms with Gasteiger partial charge in [-0.25, -0.2) is 0 Å². The van der Waals surface area contributed by atoms with Gasteiger partial charge in [-0.05, 0) is 48.2 Å². The second-order valence-corrected chi connectivity index (χ2v) is 9.66. The quantitative estimate of drug-likeness (QED) is 0.503. The number of pyridine rings is 1. The maximum atomic E-state index is 13.3. The van der Waals surface area contributed by atoms with Crippen LogP contribution in [0, 0.1) is 5.92 Å². The molecule has 0 spiro atoms. The molecule has 1 unspecified atom stereocenters. The van der Waals surface area contributed by atoms with E-state index in [1.54, 1.807) is 42.5 Å². The normalized spacial score (nSPS) is 16.6. The summed E-state index contributed by atoms with van der Waals surface area (Å²) in [7, 11) is 1.73. The molecule has 3 aromatic rings. The molecule has 8 nitrogen and oxygen atoms in total. The van der Waals surface area contributed by atoms with Gasteiger partial charge >= 0.3 is 0 Å². The number of aromatic nitrogens is 1. The smallest absolute Gasteiger partial charge is 0.263 e. The van der Waals surface area contributed by atoms with Crippen molar-refractivity contribution in [2.75, 3.05) is 31.6 Å². The first-order valence-corrected chi connectivity index (χ1v) is 12.5. The Morgan fingerprint density at radius 2 is 1.70 bits per heavy atom. The van der Waals surface area contributed by atoms with Crippen molar-refractivity contribution in [3.63, 3.8) is 0 Å². The van der Waals surface area contributed by atoms with Crippen LogP contribution in [0.15, 0.2) is 73.1 Å². The maximum absolute atomic E-state index is 13.3. The van der Waals surface area contributed by atoms with Crippen LogP contribution in [0.5, 0.6) is 0 Å². The highest BCUT2D eigenvalue weighted by atomic mass is 16.3.